The van der Waals surface area contributed by atoms with Gasteiger partial charge in [0.05, 0.1) is 0 Å². The van der Waals surface area contributed by atoms with E-state index in [4.69, 9.17) is 0 Å². The highest BCUT2D eigenvalue weighted by molar-refractivity contribution is 5.86. The van der Waals surface area contributed by atoms with Crippen LogP contribution in [0.2, 0.25) is 0 Å². The molecule has 0 fully saturated rings. The molecule has 0 aliphatic carbocycles. The lowest BCUT2D eigenvalue weighted by Gasteiger charge is -2.20. The Morgan fingerprint density at radius 1 is 0.696 bits per heavy atom. The van der Waals surface area contributed by atoms with Gasteiger partial charge in [0.1, 0.15) is 0 Å². The second kappa shape index (κ2) is 7.15. The topological polar surface area (TPSA) is 3.24 Å². The fourth-order valence-electron chi connectivity index (χ4n) is 2.89. The van der Waals surface area contributed by atoms with Crippen molar-refractivity contribution >= 4 is 28.6 Å². The molecular formula is C22H23N. The number of nitrogens with zero attached hydrogens (tertiary/aromatic N) is 1. The van der Waals surface area contributed by atoms with Crippen molar-refractivity contribution in [1.29, 1.82) is 0 Å². The van der Waals surface area contributed by atoms with Crippen LogP contribution in [0.1, 0.15) is 25.0 Å². The quantitative estimate of drug-likeness (QED) is 0.534. The first-order valence-corrected chi connectivity index (χ1v) is 8.32. The standard InChI is InChI=1S/C22H23N/c1-3-23(4-2)22-15-12-18(13-16-22)9-10-19-11-14-20-7-5-6-8-21(20)17-19/h5-17H,3-4H2,1-2H3. The van der Waals surface area contributed by atoms with Crippen molar-refractivity contribution < 1.29 is 0 Å². The van der Waals surface area contributed by atoms with Gasteiger partial charge in [0.15, 0.2) is 0 Å². The van der Waals surface area contributed by atoms with Crippen LogP contribution in [0.5, 0.6) is 0 Å². The predicted octanol–water partition coefficient (Wildman–Crippen LogP) is 5.86. The fourth-order valence-corrected chi connectivity index (χ4v) is 2.89. The molecule has 1 nitrogen and oxygen atoms in total. The van der Waals surface area contributed by atoms with Crippen molar-refractivity contribution in [3.63, 3.8) is 0 Å². The summed E-state index contributed by atoms with van der Waals surface area (Å²) in [6, 6.07) is 23.8. The maximum Gasteiger partial charge on any atom is 0.0366 e. The van der Waals surface area contributed by atoms with Crippen molar-refractivity contribution in [3.8, 4) is 0 Å². The van der Waals surface area contributed by atoms with Gasteiger partial charge in [-0.2, -0.15) is 0 Å². The minimum atomic E-state index is 1.04. The van der Waals surface area contributed by atoms with Crippen molar-refractivity contribution in [1.82, 2.24) is 0 Å². The van der Waals surface area contributed by atoms with Gasteiger partial charge in [-0.05, 0) is 53.9 Å². The molecule has 0 aliphatic heterocycles. The third-order valence-electron chi connectivity index (χ3n) is 4.26. The molecule has 3 aromatic rings. The third-order valence-corrected chi connectivity index (χ3v) is 4.26. The second-order valence-corrected chi connectivity index (χ2v) is 5.70. The summed E-state index contributed by atoms with van der Waals surface area (Å²) >= 11 is 0. The van der Waals surface area contributed by atoms with Crippen LogP contribution < -0.4 is 4.90 Å². The Morgan fingerprint density at radius 2 is 1.30 bits per heavy atom. The highest BCUT2D eigenvalue weighted by Crippen LogP contribution is 2.19. The van der Waals surface area contributed by atoms with Crippen molar-refractivity contribution in [2.24, 2.45) is 0 Å². The van der Waals surface area contributed by atoms with Gasteiger partial charge in [-0.3, -0.25) is 0 Å². The Balaban J connectivity index is 1.78. The van der Waals surface area contributed by atoms with E-state index in [0.717, 1.165) is 13.1 Å². The number of rotatable bonds is 5. The SMILES string of the molecule is CCN(CC)c1ccc(C=Cc2ccc3ccccc3c2)cc1. The van der Waals surface area contributed by atoms with Crippen molar-refractivity contribution in [2.45, 2.75) is 13.8 Å². The summed E-state index contributed by atoms with van der Waals surface area (Å²) in [5.74, 6) is 0. The largest absolute Gasteiger partial charge is 0.372 e. The van der Waals surface area contributed by atoms with Gasteiger partial charge in [0, 0.05) is 18.8 Å². The minimum absolute atomic E-state index is 1.04. The van der Waals surface area contributed by atoms with Crippen LogP contribution >= 0.6 is 0 Å². The van der Waals surface area contributed by atoms with Gasteiger partial charge in [-0.1, -0.05) is 60.7 Å². The van der Waals surface area contributed by atoms with Crippen molar-refractivity contribution in [3.05, 3.63) is 77.9 Å². The molecule has 0 unspecified atom stereocenters. The van der Waals surface area contributed by atoms with Gasteiger partial charge in [0.25, 0.3) is 0 Å². The lowest BCUT2D eigenvalue weighted by Crippen LogP contribution is -2.21. The third kappa shape index (κ3) is 3.62. The van der Waals surface area contributed by atoms with Crippen LogP contribution in [-0.2, 0) is 0 Å². The van der Waals surface area contributed by atoms with Crippen LogP contribution in [0.4, 0.5) is 5.69 Å². The van der Waals surface area contributed by atoms with E-state index in [0.29, 0.717) is 0 Å². The average Bonchev–Trinajstić information content (AvgIpc) is 2.62. The van der Waals surface area contributed by atoms with Gasteiger partial charge in [-0.15, -0.1) is 0 Å². The molecule has 116 valence electrons. The molecule has 3 aromatic carbocycles. The molecule has 0 heterocycles. The zero-order chi connectivity index (χ0) is 16.1. The number of hydrogen-bond donors (Lipinski definition) is 0. The molecule has 0 atom stereocenters. The number of anilines is 1. The molecule has 3 rings (SSSR count). The van der Waals surface area contributed by atoms with Gasteiger partial charge in [0.2, 0.25) is 0 Å². The Kier molecular flexibility index (Phi) is 4.77. The lowest BCUT2D eigenvalue weighted by atomic mass is 10.1. The Labute approximate surface area is 138 Å². The Bertz CT molecular complexity index is 796. The molecule has 0 bridgehead atoms. The summed E-state index contributed by atoms with van der Waals surface area (Å²) in [4.78, 5) is 2.36. The summed E-state index contributed by atoms with van der Waals surface area (Å²) in [5.41, 5.74) is 3.75. The monoisotopic (exact) mass is 301 g/mol. The minimum Gasteiger partial charge on any atom is -0.372 e. The Hall–Kier alpha value is -2.54. The van der Waals surface area contributed by atoms with E-state index >= 15 is 0 Å². The van der Waals surface area contributed by atoms with E-state index in [9.17, 15) is 0 Å². The molecule has 23 heavy (non-hydrogen) atoms. The van der Waals surface area contributed by atoms with E-state index in [-0.39, 0.29) is 0 Å². The van der Waals surface area contributed by atoms with E-state index in [1.165, 1.54) is 27.6 Å². The normalized spacial score (nSPS) is 11.2. The molecule has 0 aromatic heterocycles. The summed E-state index contributed by atoms with van der Waals surface area (Å²) in [7, 11) is 0. The first-order valence-electron chi connectivity index (χ1n) is 8.32. The summed E-state index contributed by atoms with van der Waals surface area (Å²) in [5, 5.41) is 2.57. The number of benzene rings is 3. The molecule has 1 heteroatoms. The van der Waals surface area contributed by atoms with E-state index in [1.54, 1.807) is 0 Å². The molecule has 0 radical (unpaired) electrons. The second-order valence-electron chi connectivity index (χ2n) is 5.70. The van der Waals surface area contributed by atoms with Crippen LogP contribution in [-0.4, -0.2) is 13.1 Å². The van der Waals surface area contributed by atoms with Gasteiger partial charge < -0.3 is 4.90 Å². The smallest absolute Gasteiger partial charge is 0.0366 e. The van der Waals surface area contributed by atoms with Crippen molar-refractivity contribution in [2.75, 3.05) is 18.0 Å². The van der Waals surface area contributed by atoms with E-state index in [2.05, 4.69) is 97.6 Å². The van der Waals surface area contributed by atoms with Crippen LogP contribution in [0.25, 0.3) is 22.9 Å². The summed E-state index contributed by atoms with van der Waals surface area (Å²) in [6.07, 6.45) is 4.36. The number of hydrogen-bond acceptors (Lipinski definition) is 1. The Morgan fingerprint density at radius 3 is 2.00 bits per heavy atom. The molecule has 0 amide bonds. The lowest BCUT2D eigenvalue weighted by molar-refractivity contribution is 0.866. The van der Waals surface area contributed by atoms with E-state index in [1.807, 2.05) is 0 Å². The molecule has 0 N–H and O–H groups in total. The molecule has 0 aliphatic rings. The average molecular weight is 301 g/mol. The zero-order valence-electron chi connectivity index (χ0n) is 13.9. The highest BCUT2D eigenvalue weighted by atomic mass is 15.1. The summed E-state index contributed by atoms with van der Waals surface area (Å²) < 4.78 is 0. The van der Waals surface area contributed by atoms with Gasteiger partial charge >= 0.3 is 0 Å². The molecular weight excluding hydrogens is 278 g/mol. The fraction of sp³-hybridized carbons (Fsp3) is 0.182. The van der Waals surface area contributed by atoms with Crippen LogP contribution in [0.15, 0.2) is 66.7 Å². The number of fused-ring (bicyclic) bond motifs is 1. The zero-order valence-corrected chi connectivity index (χ0v) is 13.9. The van der Waals surface area contributed by atoms with Crippen LogP contribution in [0.3, 0.4) is 0 Å². The maximum absolute atomic E-state index is 2.36. The first-order chi connectivity index (χ1) is 11.3. The predicted molar refractivity (Wildman–Crippen MR) is 103 cm³/mol. The van der Waals surface area contributed by atoms with E-state index < -0.39 is 0 Å². The maximum atomic E-state index is 2.36. The summed E-state index contributed by atoms with van der Waals surface area (Å²) in [6.45, 7) is 6.47. The highest BCUT2D eigenvalue weighted by Gasteiger charge is 2.00. The first kappa shape index (κ1) is 15.4. The van der Waals surface area contributed by atoms with Crippen LogP contribution in [0, 0.1) is 0 Å². The molecule has 0 saturated heterocycles. The molecule has 0 spiro atoms. The molecule has 0 saturated carbocycles. The van der Waals surface area contributed by atoms with Gasteiger partial charge in [-0.25, -0.2) is 0 Å².